The molecule has 0 saturated heterocycles. The van der Waals surface area contributed by atoms with Gasteiger partial charge in [-0.3, -0.25) is 0 Å². The highest BCUT2D eigenvalue weighted by molar-refractivity contribution is 5.39. The van der Waals surface area contributed by atoms with Crippen molar-refractivity contribution in [2.45, 2.75) is 19.4 Å². The van der Waals surface area contributed by atoms with Crippen molar-refractivity contribution in [2.24, 2.45) is 5.73 Å². The number of hydrogen-bond acceptors (Lipinski definition) is 4. The maximum absolute atomic E-state index is 5.73. The van der Waals surface area contributed by atoms with Gasteiger partial charge in [-0.15, -0.1) is 0 Å². The van der Waals surface area contributed by atoms with Gasteiger partial charge < -0.3 is 20.1 Å². The van der Waals surface area contributed by atoms with Gasteiger partial charge in [0.2, 0.25) is 0 Å². The molecule has 1 atom stereocenters. The zero-order valence-corrected chi connectivity index (χ0v) is 11.6. The second kappa shape index (κ2) is 7.95. The number of rotatable bonds is 8. The Balaban J connectivity index is 2.37. The molecule has 4 heteroatoms. The van der Waals surface area contributed by atoms with Crippen LogP contribution in [0.4, 0.5) is 0 Å². The van der Waals surface area contributed by atoms with Gasteiger partial charge in [0.25, 0.3) is 0 Å². The lowest BCUT2D eigenvalue weighted by Gasteiger charge is -2.24. The molecule has 1 unspecified atom stereocenters. The fraction of sp³-hybridized carbons (Fsp3) is 0.571. The van der Waals surface area contributed by atoms with E-state index >= 15 is 0 Å². The summed E-state index contributed by atoms with van der Waals surface area (Å²) in [6, 6.07) is 8.18. The first-order valence-corrected chi connectivity index (χ1v) is 6.35. The maximum atomic E-state index is 5.73. The summed E-state index contributed by atoms with van der Waals surface area (Å²) < 4.78 is 11.0. The Bertz CT molecular complexity index is 344. The molecule has 0 saturated carbocycles. The quantitative estimate of drug-likeness (QED) is 0.765. The summed E-state index contributed by atoms with van der Waals surface area (Å²) >= 11 is 0. The minimum atomic E-state index is 0.483. The highest BCUT2D eigenvalue weighted by Crippen LogP contribution is 2.25. The Hall–Kier alpha value is -1.26. The molecule has 102 valence electrons. The molecule has 0 fully saturated rings. The number of hydrogen-bond donors (Lipinski definition) is 1. The molecule has 1 aromatic carbocycles. The number of nitrogens with two attached hydrogens (primary N) is 1. The normalized spacial score (nSPS) is 12.5. The van der Waals surface area contributed by atoms with Gasteiger partial charge in [-0.25, -0.2) is 0 Å². The van der Waals surface area contributed by atoms with Crippen LogP contribution in [0.3, 0.4) is 0 Å². The first-order chi connectivity index (χ1) is 8.69. The van der Waals surface area contributed by atoms with Gasteiger partial charge >= 0.3 is 0 Å². The average molecular weight is 252 g/mol. The van der Waals surface area contributed by atoms with Crippen molar-refractivity contribution in [2.75, 3.05) is 33.9 Å². The van der Waals surface area contributed by atoms with Gasteiger partial charge in [-0.05, 0) is 39.1 Å². The molecule has 0 aliphatic heterocycles. The molecule has 0 aliphatic carbocycles. The summed E-state index contributed by atoms with van der Waals surface area (Å²) in [5, 5.41) is 0. The molecule has 0 heterocycles. The summed E-state index contributed by atoms with van der Waals surface area (Å²) in [6.45, 7) is 4.42. The van der Waals surface area contributed by atoms with Gasteiger partial charge in [-0.2, -0.15) is 0 Å². The van der Waals surface area contributed by atoms with E-state index in [-0.39, 0.29) is 0 Å². The molecule has 18 heavy (non-hydrogen) atoms. The minimum absolute atomic E-state index is 0.483. The van der Waals surface area contributed by atoms with Crippen LogP contribution in [-0.4, -0.2) is 44.8 Å². The van der Waals surface area contributed by atoms with Crippen LogP contribution in [0.15, 0.2) is 24.3 Å². The summed E-state index contributed by atoms with van der Waals surface area (Å²) in [5.74, 6) is 1.56. The van der Waals surface area contributed by atoms with Crippen LogP contribution in [-0.2, 0) is 0 Å². The number of benzene rings is 1. The van der Waals surface area contributed by atoms with Crippen LogP contribution in [0.1, 0.15) is 13.3 Å². The Labute approximate surface area is 110 Å². The van der Waals surface area contributed by atoms with Crippen molar-refractivity contribution in [1.29, 1.82) is 0 Å². The number of ether oxygens (including phenoxy) is 2. The predicted molar refractivity (Wildman–Crippen MR) is 74.3 cm³/mol. The lowest BCUT2D eigenvalue weighted by atomic mass is 10.2. The minimum Gasteiger partial charge on any atom is -0.493 e. The van der Waals surface area contributed by atoms with Crippen molar-refractivity contribution in [1.82, 2.24) is 4.90 Å². The van der Waals surface area contributed by atoms with Crippen molar-refractivity contribution in [3.63, 3.8) is 0 Å². The Morgan fingerprint density at radius 2 is 1.94 bits per heavy atom. The van der Waals surface area contributed by atoms with E-state index in [9.17, 15) is 0 Å². The Kier molecular flexibility index (Phi) is 6.54. The monoisotopic (exact) mass is 252 g/mol. The van der Waals surface area contributed by atoms with Crippen LogP contribution in [0, 0.1) is 0 Å². The van der Waals surface area contributed by atoms with Gasteiger partial charge in [0.15, 0.2) is 11.5 Å². The third-order valence-electron chi connectivity index (χ3n) is 3.11. The van der Waals surface area contributed by atoms with Crippen molar-refractivity contribution < 1.29 is 9.47 Å². The number of nitrogens with zero attached hydrogens (tertiary/aromatic N) is 1. The molecule has 0 amide bonds. The number of likely N-dealkylation sites (N-methyl/N-ethyl adjacent to an activating group) is 1. The SMILES string of the molecule is COc1ccccc1OCCN(C)C(C)CCN. The van der Waals surface area contributed by atoms with Gasteiger partial charge in [0.05, 0.1) is 7.11 Å². The average Bonchev–Trinajstić information content (AvgIpc) is 2.39. The number of para-hydroxylation sites is 2. The summed E-state index contributed by atoms with van der Waals surface area (Å²) in [6.07, 6.45) is 1.01. The smallest absolute Gasteiger partial charge is 0.161 e. The van der Waals surface area contributed by atoms with Crippen LogP contribution in [0.5, 0.6) is 11.5 Å². The fourth-order valence-corrected chi connectivity index (χ4v) is 1.72. The second-order valence-corrected chi connectivity index (χ2v) is 4.41. The molecule has 1 aromatic rings. The zero-order chi connectivity index (χ0) is 13.4. The molecule has 0 bridgehead atoms. The van der Waals surface area contributed by atoms with E-state index in [1.54, 1.807) is 7.11 Å². The Morgan fingerprint density at radius 1 is 1.28 bits per heavy atom. The van der Waals surface area contributed by atoms with E-state index in [1.807, 2.05) is 24.3 Å². The highest BCUT2D eigenvalue weighted by Gasteiger charge is 2.08. The van der Waals surface area contributed by atoms with Crippen LogP contribution < -0.4 is 15.2 Å². The van der Waals surface area contributed by atoms with Crippen LogP contribution >= 0.6 is 0 Å². The molecule has 0 spiro atoms. The van der Waals surface area contributed by atoms with Crippen molar-refractivity contribution >= 4 is 0 Å². The van der Waals surface area contributed by atoms with Crippen molar-refractivity contribution in [3.05, 3.63) is 24.3 Å². The van der Waals surface area contributed by atoms with Gasteiger partial charge in [0, 0.05) is 12.6 Å². The molecule has 1 rings (SSSR count). The standard InChI is InChI=1S/C14H24N2O2/c1-12(8-9-15)16(2)10-11-18-14-7-5-4-6-13(14)17-3/h4-7,12H,8-11,15H2,1-3H3. The van der Waals surface area contributed by atoms with Gasteiger partial charge in [0.1, 0.15) is 6.61 Å². The molecule has 2 N–H and O–H groups in total. The van der Waals surface area contributed by atoms with E-state index in [0.717, 1.165) is 31.0 Å². The molecule has 4 nitrogen and oxygen atoms in total. The zero-order valence-electron chi connectivity index (χ0n) is 11.6. The largest absolute Gasteiger partial charge is 0.493 e. The predicted octanol–water partition coefficient (Wildman–Crippen LogP) is 1.74. The first-order valence-electron chi connectivity index (χ1n) is 6.35. The summed E-state index contributed by atoms with van der Waals surface area (Å²) in [7, 11) is 3.74. The summed E-state index contributed by atoms with van der Waals surface area (Å²) in [5.41, 5.74) is 5.55. The number of methoxy groups -OCH3 is 1. The Morgan fingerprint density at radius 3 is 2.56 bits per heavy atom. The topological polar surface area (TPSA) is 47.7 Å². The molecule has 0 aromatic heterocycles. The fourth-order valence-electron chi connectivity index (χ4n) is 1.72. The van der Waals surface area contributed by atoms with Crippen LogP contribution in [0.2, 0.25) is 0 Å². The summed E-state index contributed by atoms with van der Waals surface area (Å²) in [4.78, 5) is 2.25. The van der Waals surface area contributed by atoms with Crippen molar-refractivity contribution in [3.8, 4) is 11.5 Å². The molecular formula is C14H24N2O2. The first kappa shape index (κ1) is 14.8. The van der Waals surface area contributed by atoms with E-state index < -0.39 is 0 Å². The van der Waals surface area contributed by atoms with Gasteiger partial charge in [-0.1, -0.05) is 12.1 Å². The van der Waals surface area contributed by atoms with Crippen LogP contribution in [0.25, 0.3) is 0 Å². The lowest BCUT2D eigenvalue weighted by molar-refractivity contribution is 0.191. The third kappa shape index (κ3) is 4.55. The maximum Gasteiger partial charge on any atom is 0.161 e. The van der Waals surface area contributed by atoms with E-state index in [1.165, 1.54) is 0 Å². The third-order valence-corrected chi connectivity index (χ3v) is 3.11. The molecular weight excluding hydrogens is 228 g/mol. The molecule has 0 aliphatic rings. The van der Waals surface area contributed by atoms with E-state index in [4.69, 9.17) is 15.2 Å². The second-order valence-electron chi connectivity index (χ2n) is 4.41. The lowest BCUT2D eigenvalue weighted by Crippen LogP contribution is -2.34. The highest BCUT2D eigenvalue weighted by atomic mass is 16.5. The van der Waals surface area contributed by atoms with E-state index in [2.05, 4.69) is 18.9 Å². The van der Waals surface area contributed by atoms with E-state index in [0.29, 0.717) is 12.6 Å². The molecule has 0 radical (unpaired) electrons.